The zero-order valence-electron chi connectivity index (χ0n) is 13.1. The first-order chi connectivity index (χ1) is 11.6. The quantitative estimate of drug-likeness (QED) is 0.758. The predicted octanol–water partition coefficient (Wildman–Crippen LogP) is 1.43. The van der Waals surface area contributed by atoms with E-state index in [9.17, 15) is 9.59 Å². The molecule has 0 atom stereocenters. The number of hydrogen-bond donors (Lipinski definition) is 1. The van der Waals surface area contributed by atoms with Crippen LogP contribution in [0.25, 0.3) is 11.0 Å². The number of amides is 1. The van der Waals surface area contributed by atoms with Gasteiger partial charge < -0.3 is 5.32 Å². The van der Waals surface area contributed by atoms with Crippen LogP contribution in [0.2, 0.25) is 5.02 Å². The van der Waals surface area contributed by atoms with E-state index in [1.54, 1.807) is 16.8 Å². The fraction of sp³-hybridized carbons (Fsp3) is 0.250. The van der Waals surface area contributed by atoms with Gasteiger partial charge in [-0.25, -0.2) is 9.67 Å². The van der Waals surface area contributed by atoms with Crippen LogP contribution in [0.4, 0.5) is 0 Å². The van der Waals surface area contributed by atoms with Crippen LogP contribution < -0.4 is 10.9 Å². The van der Waals surface area contributed by atoms with Crippen LogP contribution in [0, 0.1) is 0 Å². The van der Waals surface area contributed by atoms with Crippen molar-refractivity contribution in [2.24, 2.45) is 0 Å². The Balaban J connectivity index is 1.90. The molecule has 0 radical (unpaired) electrons. The molecule has 1 amide bonds. The number of likely N-dealkylation sites (N-methyl/N-ethyl adjacent to an activating group) is 1. The molecule has 0 bridgehead atoms. The van der Waals surface area contributed by atoms with Gasteiger partial charge in [0.1, 0.15) is 18.3 Å². The molecule has 2 heterocycles. The molecule has 3 aromatic rings. The summed E-state index contributed by atoms with van der Waals surface area (Å²) in [4.78, 5) is 28.4. The van der Waals surface area contributed by atoms with Gasteiger partial charge in [-0.15, -0.1) is 0 Å². The largest absolute Gasteiger partial charge is 0.355 e. The molecule has 2 aromatic heterocycles. The lowest BCUT2D eigenvalue weighted by Gasteiger charge is -2.06. The normalized spacial score (nSPS) is 10.9. The number of nitrogens with zero attached hydrogens (tertiary/aromatic N) is 4. The third kappa shape index (κ3) is 3.30. The van der Waals surface area contributed by atoms with Crippen molar-refractivity contribution in [3.8, 4) is 0 Å². The summed E-state index contributed by atoms with van der Waals surface area (Å²) in [6, 6.07) is 7.39. The highest BCUT2D eigenvalue weighted by Crippen LogP contribution is 2.12. The van der Waals surface area contributed by atoms with Crippen LogP contribution in [0.1, 0.15) is 12.5 Å². The first-order valence-electron chi connectivity index (χ1n) is 7.50. The van der Waals surface area contributed by atoms with Gasteiger partial charge in [-0.2, -0.15) is 5.10 Å². The summed E-state index contributed by atoms with van der Waals surface area (Å²) in [7, 11) is 0. The van der Waals surface area contributed by atoms with Crippen molar-refractivity contribution in [2.75, 3.05) is 6.54 Å². The highest BCUT2D eigenvalue weighted by Gasteiger charge is 2.12. The average molecular weight is 346 g/mol. The van der Waals surface area contributed by atoms with Gasteiger partial charge >= 0.3 is 0 Å². The summed E-state index contributed by atoms with van der Waals surface area (Å²) >= 11 is 5.88. The molecule has 1 N–H and O–H groups in total. The molecule has 1 aromatic carbocycles. The van der Waals surface area contributed by atoms with Crippen LogP contribution >= 0.6 is 11.6 Å². The Bertz CT molecular complexity index is 930. The second kappa shape index (κ2) is 6.84. The van der Waals surface area contributed by atoms with E-state index in [2.05, 4.69) is 15.4 Å². The Morgan fingerprint density at radius 2 is 2.04 bits per heavy atom. The minimum absolute atomic E-state index is 0.0576. The first-order valence-corrected chi connectivity index (χ1v) is 7.88. The van der Waals surface area contributed by atoms with Crippen LogP contribution in [0.5, 0.6) is 0 Å². The van der Waals surface area contributed by atoms with Gasteiger partial charge in [-0.05, 0) is 24.6 Å². The number of benzene rings is 1. The monoisotopic (exact) mass is 345 g/mol. The molecule has 8 heteroatoms. The highest BCUT2D eigenvalue weighted by molar-refractivity contribution is 6.30. The van der Waals surface area contributed by atoms with Gasteiger partial charge in [-0.1, -0.05) is 23.7 Å². The first kappa shape index (κ1) is 16.2. The highest BCUT2D eigenvalue weighted by atomic mass is 35.5. The smallest absolute Gasteiger partial charge is 0.264 e. The summed E-state index contributed by atoms with van der Waals surface area (Å²) in [6.07, 6.45) is 2.86. The summed E-state index contributed by atoms with van der Waals surface area (Å²) in [5.74, 6) is -0.227. The van der Waals surface area contributed by atoms with Crippen molar-refractivity contribution in [2.45, 2.75) is 20.0 Å². The van der Waals surface area contributed by atoms with Gasteiger partial charge in [0.05, 0.1) is 12.7 Å². The third-order valence-corrected chi connectivity index (χ3v) is 3.81. The van der Waals surface area contributed by atoms with E-state index in [1.807, 2.05) is 19.1 Å². The lowest BCUT2D eigenvalue weighted by atomic mass is 10.2. The number of hydrogen-bond acceptors (Lipinski definition) is 4. The number of rotatable bonds is 5. The number of carbonyl (C=O) groups excluding carboxylic acids is 1. The van der Waals surface area contributed by atoms with E-state index in [4.69, 9.17) is 11.6 Å². The summed E-state index contributed by atoms with van der Waals surface area (Å²) in [6.45, 7) is 2.76. The van der Waals surface area contributed by atoms with E-state index in [0.29, 0.717) is 29.1 Å². The van der Waals surface area contributed by atoms with Crippen molar-refractivity contribution in [1.82, 2.24) is 24.6 Å². The Kier molecular flexibility index (Phi) is 4.61. The second-order valence-electron chi connectivity index (χ2n) is 5.30. The summed E-state index contributed by atoms with van der Waals surface area (Å²) < 4.78 is 2.93. The third-order valence-electron chi connectivity index (χ3n) is 3.56. The number of fused-ring (bicyclic) bond motifs is 1. The molecule has 3 rings (SSSR count). The Hall–Kier alpha value is -2.67. The van der Waals surface area contributed by atoms with Gasteiger partial charge in [-0.3, -0.25) is 14.2 Å². The van der Waals surface area contributed by atoms with Gasteiger partial charge in [0, 0.05) is 11.6 Å². The molecular weight excluding hydrogens is 330 g/mol. The molecule has 124 valence electrons. The molecule has 7 nitrogen and oxygen atoms in total. The zero-order chi connectivity index (χ0) is 17.1. The fourth-order valence-electron chi connectivity index (χ4n) is 2.40. The maximum atomic E-state index is 12.5. The molecule has 0 unspecified atom stereocenters. The van der Waals surface area contributed by atoms with Crippen LogP contribution in [-0.2, 0) is 17.9 Å². The number of nitrogens with one attached hydrogen (secondary N) is 1. The minimum Gasteiger partial charge on any atom is -0.355 e. The van der Waals surface area contributed by atoms with E-state index in [1.165, 1.54) is 17.1 Å². The standard InChI is InChI=1S/C16H16ClN5O2/c1-2-18-14(23)9-21-10-19-15-13(16(21)24)7-20-22(15)8-11-3-5-12(17)6-4-11/h3-7,10H,2,8-9H2,1H3,(H,18,23). The minimum atomic E-state index is -0.284. The van der Waals surface area contributed by atoms with Crippen molar-refractivity contribution in [3.63, 3.8) is 0 Å². The van der Waals surface area contributed by atoms with E-state index in [0.717, 1.165) is 5.56 Å². The van der Waals surface area contributed by atoms with E-state index in [-0.39, 0.29) is 18.0 Å². The second-order valence-corrected chi connectivity index (χ2v) is 5.73. The topological polar surface area (TPSA) is 81.8 Å². The van der Waals surface area contributed by atoms with E-state index >= 15 is 0 Å². The maximum absolute atomic E-state index is 12.5. The molecular formula is C16H16ClN5O2. The van der Waals surface area contributed by atoms with Crippen LogP contribution in [0.3, 0.4) is 0 Å². The number of halogens is 1. The predicted molar refractivity (Wildman–Crippen MR) is 91.0 cm³/mol. The zero-order valence-corrected chi connectivity index (χ0v) is 13.8. The van der Waals surface area contributed by atoms with Gasteiger partial charge in [0.2, 0.25) is 5.91 Å². The molecule has 0 saturated carbocycles. The van der Waals surface area contributed by atoms with Crippen LogP contribution in [-0.4, -0.2) is 31.8 Å². The summed E-state index contributed by atoms with van der Waals surface area (Å²) in [5, 5.41) is 7.94. The fourth-order valence-corrected chi connectivity index (χ4v) is 2.52. The van der Waals surface area contributed by atoms with E-state index < -0.39 is 0 Å². The SMILES string of the molecule is CCNC(=O)Cn1cnc2c(cnn2Cc2ccc(Cl)cc2)c1=O. The van der Waals surface area contributed by atoms with Crippen molar-refractivity contribution >= 4 is 28.5 Å². The molecule has 0 aliphatic rings. The van der Waals surface area contributed by atoms with Crippen molar-refractivity contribution in [3.05, 3.63) is 57.7 Å². The van der Waals surface area contributed by atoms with Crippen LogP contribution in [0.15, 0.2) is 41.6 Å². The Morgan fingerprint density at radius 3 is 2.75 bits per heavy atom. The van der Waals surface area contributed by atoms with Gasteiger partial charge in [0.15, 0.2) is 5.65 Å². The number of aromatic nitrogens is 4. The lowest BCUT2D eigenvalue weighted by Crippen LogP contribution is -2.32. The Morgan fingerprint density at radius 1 is 1.29 bits per heavy atom. The molecule has 0 aliphatic carbocycles. The molecule has 0 fully saturated rings. The molecule has 0 aliphatic heterocycles. The Labute approximate surface area is 142 Å². The average Bonchev–Trinajstić information content (AvgIpc) is 2.96. The number of carbonyl (C=O) groups is 1. The molecule has 0 saturated heterocycles. The lowest BCUT2D eigenvalue weighted by molar-refractivity contribution is -0.121. The summed E-state index contributed by atoms with van der Waals surface area (Å²) in [5.41, 5.74) is 1.20. The molecule has 0 spiro atoms. The maximum Gasteiger partial charge on any atom is 0.264 e. The molecule has 24 heavy (non-hydrogen) atoms. The van der Waals surface area contributed by atoms with Crippen molar-refractivity contribution in [1.29, 1.82) is 0 Å². The van der Waals surface area contributed by atoms with Gasteiger partial charge in [0.25, 0.3) is 5.56 Å². The van der Waals surface area contributed by atoms with Crippen molar-refractivity contribution < 1.29 is 4.79 Å².